The maximum absolute atomic E-state index is 12.4. The Labute approximate surface area is 151 Å². The second-order valence-corrected chi connectivity index (χ2v) is 7.25. The minimum atomic E-state index is -0.300. The summed E-state index contributed by atoms with van der Waals surface area (Å²) < 4.78 is 2.63. The van der Waals surface area contributed by atoms with Crippen molar-refractivity contribution in [2.24, 2.45) is 14.1 Å². The standard InChI is InChI=1S/C18H24N6O2/c1-22-11-14(17(25)23(2)18(22)26)24-9-6-13(7-10-24)20-15-5-8-19-16(21-15)12-3-4-12/h5,8,11-13H,3-4,6-7,9-10H2,1-2H3,(H,19,20,21). The number of hydrogen-bond acceptors (Lipinski definition) is 6. The highest BCUT2D eigenvalue weighted by Gasteiger charge is 2.27. The second kappa shape index (κ2) is 6.59. The molecule has 2 fully saturated rings. The predicted octanol–water partition coefficient (Wildman–Crippen LogP) is 0.832. The molecule has 8 nitrogen and oxygen atoms in total. The maximum Gasteiger partial charge on any atom is 0.330 e. The molecule has 4 rings (SSSR count). The van der Waals surface area contributed by atoms with E-state index in [-0.39, 0.29) is 11.2 Å². The van der Waals surface area contributed by atoms with E-state index in [1.807, 2.05) is 12.3 Å². The van der Waals surface area contributed by atoms with Gasteiger partial charge in [0.2, 0.25) is 0 Å². The summed E-state index contributed by atoms with van der Waals surface area (Å²) in [5.74, 6) is 2.37. The van der Waals surface area contributed by atoms with Crippen molar-refractivity contribution in [3.05, 3.63) is 45.1 Å². The number of rotatable bonds is 4. The highest BCUT2D eigenvalue weighted by molar-refractivity contribution is 5.43. The maximum atomic E-state index is 12.4. The lowest BCUT2D eigenvalue weighted by Crippen LogP contribution is -2.45. The summed E-state index contributed by atoms with van der Waals surface area (Å²) in [7, 11) is 3.20. The first-order chi connectivity index (χ1) is 12.5. The molecule has 3 heterocycles. The van der Waals surface area contributed by atoms with Crippen LogP contribution in [-0.2, 0) is 14.1 Å². The lowest BCUT2D eigenvalue weighted by molar-refractivity contribution is 0.519. The van der Waals surface area contributed by atoms with Gasteiger partial charge in [-0.05, 0) is 31.7 Å². The Bertz CT molecular complexity index is 922. The van der Waals surface area contributed by atoms with E-state index in [0.29, 0.717) is 17.6 Å². The van der Waals surface area contributed by atoms with Gasteiger partial charge in [0.05, 0.1) is 0 Å². The summed E-state index contributed by atoms with van der Waals surface area (Å²) in [5, 5.41) is 3.51. The fourth-order valence-corrected chi connectivity index (χ4v) is 3.47. The molecular weight excluding hydrogens is 332 g/mol. The number of nitrogens with zero attached hydrogens (tertiary/aromatic N) is 5. The fourth-order valence-electron chi connectivity index (χ4n) is 3.47. The second-order valence-electron chi connectivity index (χ2n) is 7.25. The van der Waals surface area contributed by atoms with Crippen LogP contribution in [0.1, 0.15) is 37.4 Å². The van der Waals surface area contributed by atoms with E-state index < -0.39 is 0 Å². The first kappa shape index (κ1) is 16.8. The fraction of sp³-hybridized carbons (Fsp3) is 0.556. The molecule has 0 aromatic carbocycles. The van der Waals surface area contributed by atoms with Gasteiger partial charge in [-0.3, -0.25) is 9.36 Å². The van der Waals surface area contributed by atoms with Crippen LogP contribution in [0.15, 0.2) is 28.0 Å². The molecule has 8 heteroatoms. The van der Waals surface area contributed by atoms with Crippen molar-refractivity contribution in [2.45, 2.75) is 37.6 Å². The van der Waals surface area contributed by atoms with Gasteiger partial charge in [-0.25, -0.2) is 14.8 Å². The molecular formula is C18H24N6O2. The molecule has 0 spiro atoms. The van der Waals surface area contributed by atoms with E-state index in [1.54, 1.807) is 13.2 Å². The van der Waals surface area contributed by atoms with Crippen LogP contribution in [0, 0.1) is 0 Å². The Morgan fingerprint density at radius 1 is 1.12 bits per heavy atom. The molecule has 1 saturated heterocycles. The zero-order valence-corrected chi connectivity index (χ0v) is 15.2. The smallest absolute Gasteiger partial charge is 0.330 e. The molecule has 0 bridgehead atoms. The van der Waals surface area contributed by atoms with Gasteiger partial charge in [-0.1, -0.05) is 0 Å². The van der Waals surface area contributed by atoms with Crippen molar-refractivity contribution >= 4 is 11.5 Å². The van der Waals surface area contributed by atoms with Gasteiger partial charge in [0.25, 0.3) is 5.56 Å². The van der Waals surface area contributed by atoms with Crippen LogP contribution in [0.4, 0.5) is 11.5 Å². The first-order valence-electron chi connectivity index (χ1n) is 9.14. The third-order valence-corrected chi connectivity index (χ3v) is 5.23. The van der Waals surface area contributed by atoms with Crippen molar-refractivity contribution < 1.29 is 0 Å². The number of aryl methyl sites for hydroxylation is 1. The van der Waals surface area contributed by atoms with E-state index in [9.17, 15) is 9.59 Å². The molecule has 2 aromatic heterocycles. The van der Waals surface area contributed by atoms with Crippen LogP contribution in [0.2, 0.25) is 0 Å². The number of piperidine rings is 1. The summed E-state index contributed by atoms with van der Waals surface area (Å²) in [6.07, 6.45) is 7.67. The molecule has 0 amide bonds. The predicted molar refractivity (Wildman–Crippen MR) is 99.8 cm³/mol. The highest BCUT2D eigenvalue weighted by atomic mass is 16.2. The molecule has 0 atom stereocenters. The summed E-state index contributed by atoms with van der Waals surface area (Å²) in [4.78, 5) is 35.3. The van der Waals surface area contributed by atoms with Gasteiger partial charge in [-0.2, -0.15) is 0 Å². The molecule has 138 valence electrons. The van der Waals surface area contributed by atoms with Gasteiger partial charge in [0.15, 0.2) is 0 Å². The van der Waals surface area contributed by atoms with Gasteiger partial charge >= 0.3 is 5.69 Å². The van der Waals surface area contributed by atoms with E-state index >= 15 is 0 Å². The zero-order chi connectivity index (χ0) is 18.3. The molecule has 0 radical (unpaired) electrons. The van der Waals surface area contributed by atoms with Crippen LogP contribution < -0.4 is 21.5 Å². The minimum absolute atomic E-state index is 0.232. The van der Waals surface area contributed by atoms with Crippen molar-refractivity contribution in [3.63, 3.8) is 0 Å². The number of anilines is 2. The van der Waals surface area contributed by atoms with E-state index in [4.69, 9.17) is 0 Å². The SMILES string of the molecule is Cn1cc(N2CCC(Nc3ccnc(C4CC4)n3)CC2)c(=O)n(C)c1=O. The van der Waals surface area contributed by atoms with Crippen LogP contribution in [0.25, 0.3) is 0 Å². The molecule has 1 N–H and O–H groups in total. The molecule has 2 aromatic rings. The Kier molecular flexibility index (Phi) is 4.26. The lowest BCUT2D eigenvalue weighted by atomic mass is 10.0. The third-order valence-electron chi connectivity index (χ3n) is 5.23. The monoisotopic (exact) mass is 356 g/mol. The highest BCUT2D eigenvalue weighted by Crippen LogP contribution is 2.38. The van der Waals surface area contributed by atoms with Gasteiger partial charge in [0.1, 0.15) is 17.3 Å². The van der Waals surface area contributed by atoms with Gasteiger partial charge < -0.3 is 14.8 Å². The van der Waals surface area contributed by atoms with Crippen molar-refractivity contribution in [1.29, 1.82) is 0 Å². The van der Waals surface area contributed by atoms with E-state index in [1.165, 1.54) is 29.0 Å². The average molecular weight is 356 g/mol. The van der Waals surface area contributed by atoms with Crippen LogP contribution >= 0.6 is 0 Å². The number of nitrogens with one attached hydrogen (secondary N) is 1. The Morgan fingerprint density at radius 3 is 2.54 bits per heavy atom. The molecule has 2 aliphatic rings. The van der Waals surface area contributed by atoms with Crippen molar-refractivity contribution in [1.82, 2.24) is 19.1 Å². The molecule has 26 heavy (non-hydrogen) atoms. The van der Waals surface area contributed by atoms with Crippen molar-refractivity contribution in [2.75, 3.05) is 23.3 Å². The summed E-state index contributed by atoms with van der Waals surface area (Å²) in [6, 6.07) is 2.24. The normalized spacial score (nSPS) is 18.2. The Morgan fingerprint density at radius 2 is 1.85 bits per heavy atom. The topological polar surface area (TPSA) is 85.1 Å². The Balaban J connectivity index is 1.42. The van der Waals surface area contributed by atoms with E-state index in [2.05, 4.69) is 20.2 Å². The zero-order valence-electron chi connectivity index (χ0n) is 15.2. The largest absolute Gasteiger partial charge is 0.367 e. The van der Waals surface area contributed by atoms with Gasteiger partial charge in [-0.15, -0.1) is 0 Å². The lowest BCUT2D eigenvalue weighted by Gasteiger charge is -2.33. The summed E-state index contributed by atoms with van der Waals surface area (Å²) in [6.45, 7) is 1.54. The molecule has 1 aliphatic carbocycles. The third kappa shape index (κ3) is 3.23. The van der Waals surface area contributed by atoms with Crippen LogP contribution in [0.3, 0.4) is 0 Å². The number of aromatic nitrogens is 4. The molecule has 1 saturated carbocycles. The average Bonchev–Trinajstić information content (AvgIpc) is 3.49. The molecule has 1 aliphatic heterocycles. The van der Waals surface area contributed by atoms with Gasteiger partial charge in [0, 0.05) is 51.5 Å². The molecule has 0 unspecified atom stereocenters. The van der Waals surface area contributed by atoms with Crippen molar-refractivity contribution in [3.8, 4) is 0 Å². The Hall–Kier alpha value is -2.64. The summed E-state index contributed by atoms with van der Waals surface area (Å²) >= 11 is 0. The first-order valence-corrected chi connectivity index (χ1v) is 9.14. The summed E-state index contributed by atoms with van der Waals surface area (Å²) in [5.41, 5.74) is 0.0565. The number of hydrogen-bond donors (Lipinski definition) is 1. The quantitative estimate of drug-likeness (QED) is 0.874. The van der Waals surface area contributed by atoms with Crippen LogP contribution in [0.5, 0.6) is 0 Å². The minimum Gasteiger partial charge on any atom is -0.367 e. The van der Waals surface area contributed by atoms with Crippen LogP contribution in [-0.4, -0.2) is 38.2 Å². The van der Waals surface area contributed by atoms with E-state index in [0.717, 1.165) is 37.6 Å².